The molecule has 210 valence electrons. The number of nitrogens with zero attached hydrogens (tertiary/aromatic N) is 2. The van der Waals surface area contributed by atoms with Gasteiger partial charge in [0.15, 0.2) is 0 Å². The molecule has 0 aromatic rings. The van der Waals surface area contributed by atoms with Crippen molar-refractivity contribution in [3.8, 4) is 0 Å². The van der Waals surface area contributed by atoms with E-state index >= 15 is 0 Å². The van der Waals surface area contributed by atoms with E-state index in [1.807, 2.05) is 27.7 Å². The van der Waals surface area contributed by atoms with Crippen LogP contribution in [0.5, 0.6) is 0 Å². The number of carboxylic acid groups (broad SMARTS) is 2. The molecule has 0 saturated carbocycles. The topological polar surface area (TPSA) is 155 Å². The number of aliphatic carboxylic acids is 1. The Morgan fingerprint density at radius 2 is 1.68 bits per heavy atom. The lowest BCUT2D eigenvalue weighted by Gasteiger charge is -2.32. The number of alkyl carbamates (subject to hydrolysis) is 1. The first-order chi connectivity index (χ1) is 16.8. The Morgan fingerprint density at radius 3 is 2.14 bits per heavy atom. The Bertz CT molecular complexity index is 873. The van der Waals surface area contributed by atoms with Gasteiger partial charge in [-0.3, -0.25) is 9.69 Å². The summed E-state index contributed by atoms with van der Waals surface area (Å²) in [7, 11) is 1.02. The minimum Gasteiger partial charge on any atom is -0.480 e. The number of likely N-dealkylation sites (tertiary alicyclic amines) is 1. The van der Waals surface area contributed by atoms with Gasteiger partial charge in [-0.1, -0.05) is 6.42 Å². The van der Waals surface area contributed by atoms with Gasteiger partial charge in [0.1, 0.15) is 17.7 Å². The van der Waals surface area contributed by atoms with Crippen molar-refractivity contribution in [1.29, 1.82) is 0 Å². The molecule has 4 atom stereocenters. The largest absolute Gasteiger partial charge is 0.480 e. The van der Waals surface area contributed by atoms with E-state index in [1.54, 1.807) is 20.8 Å². The van der Waals surface area contributed by atoms with Crippen LogP contribution >= 0.6 is 0 Å². The highest BCUT2D eigenvalue weighted by Gasteiger charge is 2.52. The zero-order valence-corrected chi connectivity index (χ0v) is 23.4. The molecule has 2 fully saturated rings. The third kappa shape index (κ3) is 7.28. The maximum Gasteiger partial charge on any atom is 0.457 e. The lowest BCUT2D eigenvalue weighted by molar-refractivity contribution is -0.143. The van der Waals surface area contributed by atoms with Crippen molar-refractivity contribution in [1.82, 2.24) is 15.1 Å². The van der Waals surface area contributed by atoms with Gasteiger partial charge in [0, 0.05) is 19.5 Å². The highest BCUT2D eigenvalue weighted by atomic mass is 16.7. The Morgan fingerprint density at radius 1 is 1.14 bits per heavy atom. The van der Waals surface area contributed by atoms with Gasteiger partial charge in [-0.2, -0.15) is 0 Å². The summed E-state index contributed by atoms with van der Waals surface area (Å²) in [4.78, 5) is 51.5. The molecule has 2 rings (SSSR count). The maximum absolute atomic E-state index is 13.2. The number of carbonyl (C=O) groups is 4. The standard InChI is InChI=1S/C24H42BN3O9/c1-14(26-20(32)35-22(2,3)4)18(29)27(9)16-13-28(21(33)34)17(19(30)31)15(16)11-10-12-25-36-23(5,6)24(7,8)37-25/h14-17H,10-13H2,1-9H3,(H,26,32)(H,30,31)(H,33,34)/t14?,15-,16+,17+/m1/s1. The summed E-state index contributed by atoms with van der Waals surface area (Å²) in [5.74, 6) is -2.42. The molecule has 2 saturated heterocycles. The number of rotatable bonds is 8. The molecule has 0 aliphatic carbocycles. The van der Waals surface area contributed by atoms with Crippen molar-refractivity contribution < 1.29 is 43.4 Å². The predicted molar refractivity (Wildman–Crippen MR) is 135 cm³/mol. The number of hydrogen-bond donors (Lipinski definition) is 3. The Balaban J connectivity index is 2.15. The van der Waals surface area contributed by atoms with E-state index in [2.05, 4.69) is 5.32 Å². The van der Waals surface area contributed by atoms with Crippen LogP contribution in [-0.2, 0) is 23.6 Å². The van der Waals surface area contributed by atoms with E-state index in [0.717, 1.165) is 4.90 Å². The summed E-state index contributed by atoms with van der Waals surface area (Å²) in [6.07, 6.45) is -0.803. The van der Waals surface area contributed by atoms with Gasteiger partial charge >= 0.3 is 25.3 Å². The number of ether oxygens (including phenoxy) is 1. The minimum absolute atomic E-state index is 0.158. The van der Waals surface area contributed by atoms with Crippen LogP contribution < -0.4 is 5.32 Å². The average Bonchev–Trinajstić information content (AvgIpc) is 3.19. The second-order valence-corrected chi connectivity index (χ2v) is 11.9. The highest BCUT2D eigenvalue weighted by Crippen LogP contribution is 2.39. The molecule has 13 heteroatoms. The molecule has 1 unspecified atom stereocenters. The molecule has 3 amide bonds. The van der Waals surface area contributed by atoms with Crippen molar-refractivity contribution in [3.63, 3.8) is 0 Å². The van der Waals surface area contributed by atoms with Gasteiger partial charge in [-0.05, 0) is 68.1 Å². The molecule has 2 heterocycles. The fourth-order valence-electron chi connectivity index (χ4n) is 4.78. The van der Waals surface area contributed by atoms with E-state index in [1.165, 1.54) is 18.9 Å². The molecule has 37 heavy (non-hydrogen) atoms. The molecule has 0 aromatic carbocycles. The van der Waals surface area contributed by atoms with Crippen LogP contribution in [0.2, 0.25) is 6.32 Å². The van der Waals surface area contributed by atoms with E-state index in [9.17, 15) is 29.4 Å². The SMILES string of the molecule is CC(NC(=O)OC(C)(C)C)C(=O)N(C)[C@H]1CN(C(=O)O)[C@H](C(=O)O)[C@@H]1CCCB1OC(C)(C)C(C)(C)O1. The third-order valence-electron chi connectivity index (χ3n) is 7.35. The monoisotopic (exact) mass is 527 g/mol. The van der Waals surface area contributed by atoms with Crippen LogP contribution in [0.1, 0.15) is 68.2 Å². The van der Waals surface area contributed by atoms with E-state index in [-0.39, 0.29) is 6.54 Å². The van der Waals surface area contributed by atoms with Gasteiger partial charge in [0.05, 0.1) is 17.2 Å². The fourth-order valence-corrected chi connectivity index (χ4v) is 4.78. The first-order valence-corrected chi connectivity index (χ1v) is 12.6. The van der Waals surface area contributed by atoms with Crippen LogP contribution in [0, 0.1) is 5.92 Å². The summed E-state index contributed by atoms with van der Waals surface area (Å²) >= 11 is 0. The summed E-state index contributed by atoms with van der Waals surface area (Å²) in [5.41, 5.74) is -1.74. The van der Waals surface area contributed by atoms with Crippen molar-refractivity contribution >= 4 is 31.2 Å². The maximum atomic E-state index is 13.2. The van der Waals surface area contributed by atoms with Crippen LogP contribution in [0.3, 0.4) is 0 Å². The Kier molecular flexibility index (Phi) is 9.18. The van der Waals surface area contributed by atoms with Gasteiger partial charge < -0.3 is 34.5 Å². The molecule has 0 spiro atoms. The van der Waals surface area contributed by atoms with Crippen LogP contribution in [0.15, 0.2) is 0 Å². The Labute approximate surface area is 219 Å². The molecule has 0 radical (unpaired) electrons. The van der Waals surface area contributed by atoms with Crippen LogP contribution in [0.4, 0.5) is 9.59 Å². The van der Waals surface area contributed by atoms with Gasteiger partial charge in [-0.15, -0.1) is 0 Å². The normalized spacial score (nSPS) is 25.5. The number of likely N-dealkylation sites (N-methyl/N-ethyl adjacent to an activating group) is 1. The first-order valence-electron chi connectivity index (χ1n) is 12.6. The molecule has 3 N–H and O–H groups in total. The van der Waals surface area contributed by atoms with E-state index in [4.69, 9.17) is 14.0 Å². The molecule has 0 aromatic heterocycles. The van der Waals surface area contributed by atoms with E-state index < -0.39 is 72.0 Å². The quantitative estimate of drug-likeness (QED) is 0.404. The fraction of sp³-hybridized carbons (Fsp3) is 0.833. The van der Waals surface area contributed by atoms with Crippen molar-refractivity contribution in [3.05, 3.63) is 0 Å². The van der Waals surface area contributed by atoms with Crippen molar-refractivity contribution in [2.24, 2.45) is 5.92 Å². The highest BCUT2D eigenvalue weighted by molar-refractivity contribution is 6.45. The second kappa shape index (κ2) is 11.1. The molecule has 0 bridgehead atoms. The van der Waals surface area contributed by atoms with Crippen LogP contribution in [0.25, 0.3) is 0 Å². The zero-order chi connectivity index (χ0) is 28.5. The zero-order valence-electron chi connectivity index (χ0n) is 23.4. The van der Waals surface area contributed by atoms with Crippen molar-refractivity contribution in [2.45, 2.75) is 109 Å². The van der Waals surface area contributed by atoms with Gasteiger partial charge in [0.2, 0.25) is 5.91 Å². The van der Waals surface area contributed by atoms with Crippen LogP contribution in [-0.4, -0.2) is 99.7 Å². The lowest BCUT2D eigenvalue weighted by atomic mass is 9.79. The van der Waals surface area contributed by atoms with E-state index in [0.29, 0.717) is 19.2 Å². The number of carbonyl (C=O) groups excluding carboxylic acids is 2. The predicted octanol–water partition coefficient (Wildman–Crippen LogP) is 2.66. The minimum atomic E-state index is -1.37. The van der Waals surface area contributed by atoms with Crippen molar-refractivity contribution in [2.75, 3.05) is 13.6 Å². The Hall–Kier alpha value is -2.54. The summed E-state index contributed by atoms with van der Waals surface area (Å²) in [6.45, 7) is 14.2. The molecular weight excluding hydrogens is 485 g/mol. The smallest absolute Gasteiger partial charge is 0.457 e. The number of carboxylic acids is 1. The first kappa shape index (κ1) is 30.7. The van der Waals surface area contributed by atoms with Gasteiger partial charge in [-0.25, -0.2) is 14.4 Å². The lowest BCUT2D eigenvalue weighted by Crippen LogP contribution is -2.52. The number of hydrogen-bond acceptors (Lipinski definition) is 7. The summed E-state index contributed by atoms with van der Waals surface area (Å²) < 4.78 is 17.2. The number of nitrogens with one attached hydrogen (secondary N) is 1. The molecular formula is C24H42BN3O9. The average molecular weight is 527 g/mol. The molecule has 12 nitrogen and oxygen atoms in total. The summed E-state index contributed by atoms with van der Waals surface area (Å²) in [6, 6.07) is -2.98. The second-order valence-electron chi connectivity index (χ2n) is 11.9. The molecule has 2 aliphatic heterocycles. The summed E-state index contributed by atoms with van der Waals surface area (Å²) in [5, 5.41) is 22.1. The van der Waals surface area contributed by atoms with Gasteiger partial charge in [0.25, 0.3) is 0 Å². The third-order valence-corrected chi connectivity index (χ3v) is 7.35. The number of amides is 3. The molecule has 2 aliphatic rings.